The van der Waals surface area contributed by atoms with Gasteiger partial charge in [-0.3, -0.25) is 0 Å². The van der Waals surface area contributed by atoms with Gasteiger partial charge in [-0.25, -0.2) is 9.59 Å². The Labute approximate surface area is 149 Å². The van der Waals surface area contributed by atoms with Crippen molar-refractivity contribution in [1.82, 2.24) is 10.6 Å². The van der Waals surface area contributed by atoms with Crippen LogP contribution in [0.2, 0.25) is 0 Å². The first-order valence-corrected chi connectivity index (χ1v) is 8.78. The van der Waals surface area contributed by atoms with E-state index in [2.05, 4.69) is 10.6 Å². The van der Waals surface area contributed by atoms with Crippen LogP contribution in [0, 0.1) is 0 Å². The first kappa shape index (κ1) is 19.1. The van der Waals surface area contributed by atoms with E-state index in [0.717, 1.165) is 24.8 Å². The molecular formula is C19H28N2O4. The molecule has 1 aromatic rings. The SMILES string of the molecule is CC(C)(C)OC(=O)NC1CCCC(NC(=O)OCc2ccccc2)C1. The van der Waals surface area contributed by atoms with Crippen molar-refractivity contribution in [3.63, 3.8) is 0 Å². The topological polar surface area (TPSA) is 76.7 Å². The third kappa shape index (κ3) is 7.45. The minimum absolute atomic E-state index is 0.00280. The van der Waals surface area contributed by atoms with Crippen LogP contribution in [-0.4, -0.2) is 29.9 Å². The lowest BCUT2D eigenvalue weighted by molar-refractivity contribution is 0.0488. The summed E-state index contributed by atoms with van der Waals surface area (Å²) in [5, 5.41) is 5.77. The van der Waals surface area contributed by atoms with Crippen LogP contribution in [0.3, 0.4) is 0 Å². The average Bonchev–Trinajstić information content (AvgIpc) is 2.52. The van der Waals surface area contributed by atoms with Crippen molar-refractivity contribution in [1.29, 1.82) is 0 Å². The summed E-state index contributed by atoms with van der Waals surface area (Å²) < 4.78 is 10.5. The molecule has 2 amide bonds. The Hall–Kier alpha value is -2.24. The molecule has 0 aromatic heterocycles. The standard InChI is InChI=1S/C19H28N2O4/c1-19(2,3)25-18(23)21-16-11-7-10-15(12-16)20-17(22)24-13-14-8-5-4-6-9-14/h4-6,8-9,15-16H,7,10-13H2,1-3H3,(H,20,22)(H,21,23). The van der Waals surface area contributed by atoms with Gasteiger partial charge in [-0.05, 0) is 52.0 Å². The zero-order valence-corrected chi connectivity index (χ0v) is 15.2. The zero-order chi connectivity index (χ0) is 18.3. The lowest BCUT2D eigenvalue weighted by atomic mass is 9.91. The van der Waals surface area contributed by atoms with Crippen LogP contribution in [-0.2, 0) is 16.1 Å². The van der Waals surface area contributed by atoms with E-state index < -0.39 is 17.8 Å². The predicted octanol–water partition coefficient (Wildman–Crippen LogP) is 3.75. The molecule has 2 unspecified atom stereocenters. The Morgan fingerprint density at radius 3 is 2.24 bits per heavy atom. The van der Waals surface area contributed by atoms with Crippen molar-refractivity contribution in [2.45, 2.75) is 70.7 Å². The summed E-state index contributed by atoms with van der Waals surface area (Å²) in [4.78, 5) is 23.8. The second-order valence-corrected chi connectivity index (χ2v) is 7.41. The number of alkyl carbamates (subject to hydrolysis) is 2. The minimum Gasteiger partial charge on any atom is -0.445 e. The highest BCUT2D eigenvalue weighted by atomic mass is 16.6. The molecule has 0 aliphatic heterocycles. The van der Waals surface area contributed by atoms with Gasteiger partial charge in [0.1, 0.15) is 12.2 Å². The summed E-state index contributed by atoms with van der Waals surface area (Å²) in [6.07, 6.45) is 2.55. The van der Waals surface area contributed by atoms with E-state index in [1.165, 1.54) is 0 Å². The highest BCUT2D eigenvalue weighted by Crippen LogP contribution is 2.19. The molecule has 1 aromatic carbocycles. The molecule has 1 aliphatic rings. The second kappa shape index (κ2) is 8.74. The maximum absolute atomic E-state index is 12.0. The average molecular weight is 348 g/mol. The number of hydrogen-bond acceptors (Lipinski definition) is 4. The number of nitrogens with one attached hydrogen (secondary N) is 2. The summed E-state index contributed by atoms with van der Waals surface area (Å²) in [6, 6.07) is 9.56. The molecule has 6 nitrogen and oxygen atoms in total. The second-order valence-electron chi connectivity index (χ2n) is 7.41. The molecule has 0 spiro atoms. The maximum Gasteiger partial charge on any atom is 0.407 e. The largest absolute Gasteiger partial charge is 0.445 e. The number of benzene rings is 1. The molecule has 2 rings (SSSR count). The van der Waals surface area contributed by atoms with Gasteiger partial charge in [-0.1, -0.05) is 30.3 Å². The van der Waals surface area contributed by atoms with Gasteiger partial charge < -0.3 is 20.1 Å². The summed E-state index contributed by atoms with van der Waals surface area (Å²) in [7, 11) is 0. The van der Waals surface area contributed by atoms with Gasteiger partial charge in [0.2, 0.25) is 0 Å². The molecule has 1 aliphatic carbocycles. The summed E-state index contributed by atoms with van der Waals surface area (Å²) in [5.41, 5.74) is 0.434. The molecule has 6 heteroatoms. The lowest BCUT2D eigenvalue weighted by Crippen LogP contribution is -2.47. The molecular weight excluding hydrogens is 320 g/mol. The lowest BCUT2D eigenvalue weighted by Gasteiger charge is -2.30. The number of rotatable bonds is 4. The van der Waals surface area contributed by atoms with Crippen LogP contribution in [0.15, 0.2) is 30.3 Å². The third-order valence-electron chi connectivity index (χ3n) is 3.93. The van der Waals surface area contributed by atoms with Gasteiger partial charge in [0.25, 0.3) is 0 Å². The van der Waals surface area contributed by atoms with Crippen molar-refractivity contribution in [2.24, 2.45) is 0 Å². The molecule has 2 atom stereocenters. The van der Waals surface area contributed by atoms with E-state index in [9.17, 15) is 9.59 Å². The van der Waals surface area contributed by atoms with Gasteiger partial charge >= 0.3 is 12.2 Å². The van der Waals surface area contributed by atoms with Crippen LogP contribution in [0.4, 0.5) is 9.59 Å². The number of carbonyl (C=O) groups is 2. The van der Waals surface area contributed by atoms with Gasteiger partial charge in [0.15, 0.2) is 0 Å². The van der Waals surface area contributed by atoms with Crippen LogP contribution in [0.25, 0.3) is 0 Å². The summed E-state index contributed by atoms with van der Waals surface area (Å²) in [5.74, 6) is 0. The molecule has 0 saturated heterocycles. The Bertz CT molecular complexity index is 569. The summed E-state index contributed by atoms with van der Waals surface area (Å²) >= 11 is 0. The molecule has 138 valence electrons. The summed E-state index contributed by atoms with van der Waals surface area (Å²) in [6.45, 7) is 5.75. The van der Waals surface area contributed by atoms with Crippen LogP contribution < -0.4 is 10.6 Å². The fraction of sp³-hybridized carbons (Fsp3) is 0.579. The van der Waals surface area contributed by atoms with E-state index in [-0.39, 0.29) is 18.7 Å². The van der Waals surface area contributed by atoms with E-state index in [1.807, 2.05) is 51.1 Å². The zero-order valence-electron chi connectivity index (χ0n) is 15.2. The van der Waals surface area contributed by atoms with E-state index in [0.29, 0.717) is 6.42 Å². The van der Waals surface area contributed by atoms with Crippen LogP contribution in [0.1, 0.15) is 52.0 Å². The molecule has 1 saturated carbocycles. The highest BCUT2D eigenvalue weighted by Gasteiger charge is 2.26. The Morgan fingerprint density at radius 1 is 1.04 bits per heavy atom. The van der Waals surface area contributed by atoms with Gasteiger partial charge in [-0.2, -0.15) is 0 Å². The normalized spacial score (nSPS) is 20.4. The van der Waals surface area contributed by atoms with Crippen LogP contribution >= 0.6 is 0 Å². The third-order valence-corrected chi connectivity index (χ3v) is 3.93. The smallest absolute Gasteiger partial charge is 0.407 e. The van der Waals surface area contributed by atoms with Gasteiger partial charge in [0, 0.05) is 12.1 Å². The van der Waals surface area contributed by atoms with E-state index in [4.69, 9.17) is 9.47 Å². The van der Waals surface area contributed by atoms with Crippen LogP contribution in [0.5, 0.6) is 0 Å². The minimum atomic E-state index is -0.516. The molecule has 0 heterocycles. The van der Waals surface area contributed by atoms with E-state index in [1.54, 1.807) is 0 Å². The Morgan fingerprint density at radius 2 is 1.64 bits per heavy atom. The number of amides is 2. The van der Waals surface area contributed by atoms with Crippen molar-refractivity contribution in [3.05, 3.63) is 35.9 Å². The molecule has 1 fully saturated rings. The number of ether oxygens (including phenoxy) is 2. The maximum atomic E-state index is 12.0. The monoisotopic (exact) mass is 348 g/mol. The Balaban J connectivity index is 1.73. The Kier molecular flexibility index (Phi) is 6.67. The van der Waals surface area contributed by atoms with Crippen molar-refractivity contribution in [2.75, 3.05) is 0 Å². The molecule has 0 bridgehead atoms. The first-order valence-electron chi connectivity index (χ1n) is 8.78. The fourth-order valence-electron chi connectivity index (χ4n) is 2.86. The van der Waals surface area contributed by atoms with Crippen molar-refractivity contribution in [3.8, 4) is 0 Å². The quantitative estimate of drug-likeness (QED) is 0.869. The van der Waals surface area contributed by atoms with Gasteiger partial charge in [0.05, 0.1) is 0 Å². The van der Waals surface area contributed by atoms with Crippen molar-refractivity contribution < 1.29 is 19.1 Å². The number of hydrogen-bond donors (Lipinski definition) is 2. The first-order chi connectivity index (χ1) is 11.8. The fourth-order valence-corrected chi connectivity index (χ4v) is 2.86. The molecule has 0 radical (unpaired) electrons. The number of carbonyl (C=O) groups excluding carboxylic acids is 2. The van der Waals surface area contributed by atoms with Gasteiger partial charge in [-0.15, -0.1) is 0 Å². The van der Waals surface area contributed by atoms with E-state index >= 15 is 0 Å². The predicted molar refractivity (Wildman–Crippen MR) is 95.2 cm³/mol. The van der Waals surface area contributed by atoms with Crippen molar-refractivity contribution >= 4 is 12.2 Å². The highest BCUT2D eigenvalue weighted by molar-refractivity contribution is 5.68. The molecule has 25 heavy (non-hydrogen) atoms. The molecule has 2 N–H and O–H groups in total.